The molecule has 0 aromatic heterocycles. The highest BCUT2D eigenvalue weighted by atomic mass is 16.7. The van der Waals surface area contributed by atoms with Gasteiger partial charge in [0.15, 0.2) is 18.4 Å². The van der Waals surface area contributed by atoms with Crippen molar-refractivity contribution in [2.24, 2.45) is 35.5 Å². The number of hydrogen-bond acceptors (Lipinski definition) is 15. The second-order valence-corrected chi connectivity index (χ2v) is 19.3. The van der Waals surface area contributed by atoms with E-state index in [1.807, 2.05) is 32.9 Å². The normalized spacial score (nSPS) is 41.8. The van der Waals surface area contributed by atoms with Gasteiger partial charge in [-0.3, -0.25) is 9.59 Å². The number of anilines is 1. The number of carbonyl (C=O) groups excluding carboxylic acids is 2. The minimum Gasteiger partial charge on any atom is -0.497 e. The maximum atomic E-state index is 15.3. The summed E-state index contributed by atoms with van der Waals surface area (Å²) in [6, 6.07) is 5.23. The third kappa shape index (κ3) is 10.0. The van der Waals surface area contributed by atoms with Crippen LogP contribution in [0.25, 0.3) is 0 Å². The summed E-state index contributed by atoms with van der Waals surface area (Å²) in [4.78, 5) is 31.6. The fourth-order valence-corrected chi connectivity index (χ4v) is 12.3. The Kier molecular flexibility index (Phi) is 16.4. The molecule has 19 atom stereocenters. The molecule has 5 fully saturated rings. The molecule has 0 bridgehead atoms. The molecule has 3 saturated heterocycles. The molecular formula is C49H76N2O13. The number of cyclic esters (lactones) is 1. The highest BCUT2D eigenvalue weighted by Crippen LogP contribution is 2.58. The molecule has 0 spiro atoms. The van der Waals surface area contributed by atoms with Gasteiger partial charge in [-0.05, 0) is 121 Å². The summed E-state index contributed by atoms with van der Waals surface area (Å²) in [5, 5.41) is 16.4. The van der Waals surface area contributed by atoms with Crippen LogP contribution in [0, 0.1) is 35.5 Å². The fourth-order valence-electron chi connectivity index (χ4n) is 12.3. The van der Waals surface area contributed by atoms with Crippen molar-refractivity contribution in [3.8, 4) is 11.5 Å². The Balaban J connectivity index is 1.24. The molecule has 7 rings (SSSR count). The van der Waals surface area contributed by atoms with Crippen LogP contribution in [0.5, 0.6) is 11.5 Å². The number of rotatable bonds is 13. The Morgan fingerprint density at radius 1 is 0.844 bits per heavy atom. The lowest BCUT2D eigenvalue weighted by Gasteiger charge is -2.48. The van der Waals surface area contributed by atoms with Crippen LogP contribution in [-0.2, 0) is 47.5 Å². The Bertz CT molecular complexity index is 1760. The number of fused-ring (bicyclic) bond motifs is 5. The highest BCUT2D eigenvalue weighted by Gasteiger charge is 2.60. The van der Waals surface area contributed by atoms with Crippen molar-refractivity contribution in [2.45, 2.75) is 165 Å². The van der Waals surface area contributed by atoms with E-state index in [2.05, 4.69) is 37.3 Å². The van der Waals surface area contributed by atoms with Gasteiger partial charge in [0, 0.05) is 45.3 Å². The van der Waals surface area contributed by atoms with E-state index in [9.17, 15) is 9.90 Å². The maximum absolute atomic E-state index is 15.3. The summed E-state index contributed by atoms with van der Waals surface area (Å²) in [5.41, 5.74) is 1.28. The average molecular weight is 901 g/mol. The van der Waals surface area contributed by atoms with E-state index < -0.39 is 54.9 Å². The zero-order valence-electron chi connectivity index (χ0n) is 39.9. The van der Waals surface area contributed by atoms with Gasteiger partial charge in [0.25, 0.3) is 0 Å². The molecule has 15 heteroatoms. The zero-order chi connectivity index (χ0) is 46.0. The molecule has 3 heterocycles. The molecular weight excluding hydrogens is 825 g/mol. The largest absolute Gasteiger partial charge is 0.497 e. The first-order chi connectivity index (χ1) is 30.7. The SMILES string of the molecule is CC[C@H]1CCC[C@H](O[C@H]2CC[C@H](N(C)C)C(C)O2)[C@@H](C)C(=O)C2=C[C@H]3[C@@H]4C[C@H](O[C@@H]5OC(C)[C@H](OC)C(OC)[C@@H]5OC)C[C@H]4[C@@H](O)[C@H](Nc4ccc(OC)cc4OC)[C@H]3[C@@H]2CC(=O)O1. The third-order valence-electron chi connectivity index (χ3n) is 15.6. The van der Waals surface area contributed by atoms with Crippen LogP contribution >= 0.6 is 0 Å². The van der Waals surface area contributed by atoms with Crippen LogP contribution < -0.4 is 14.8 Å². The molecule has 0 amide bonds. The van der Waals surface area contributed by atoms with Gasteiger partial charge in [-0.2, -0.15) is 0 Å². The number of hydrogen-bond donors (Lipinski definition) is 2. The number of benzene rings is 1. The molecule has 3 aliphatic heterocycles. The minimum atomic E-state index is -0.880. The van der Waals surface area contributed by atoms with E-state index in [1.165, 1.54) is 0 Å². The van der Waals surface area contributed by atoms with Crippen LogP contribution in [0.2, 0.25) is 0 Å². The predicted molar refractivity (Wildman–Crippen MR) is 238 cm³/mol. The van der Waals surface area contributed by atoms with E-state index in [1.54, 1.807) is 41.6 Å². The number of ketones is 1. The number of carbonyl (C=O) groups is 2. The number of Topliss-reactive ketones (excluding diaryl/α,β-unsaturated/α-hetero) is 1. The van der Waals surface area contributed by atoms with Crippen LogP contribution in [0.4, 0.5) is 5.69 Å². The van der Waals surface area contributed by atoms with Gasteiger partial charge in [0.2, 0.25) is 0 Å². The first-order valence-electron chi connectivity index (χ1n) is 23.7. The average Bonchev–Trinajstić information content (AvgIpc) is 3.87. The van der Waals surface area contributed by atoms with E-state index in [0.717, 1.165) is 19.3 Å². The number of aliphatic hydroxyl groups excluding tert-OH is 1. The molecule has 3 unspecified atom stereocenters. The molecule has 1 aromatic carbocycles. The van der Waals surface area contributed by atoms with E-state index >= 15 is 4.79 Å². The molecule has 3 aliphatic carbocycles. The molecule has 360 valence electrons. The van der Waals surface area contributed by atoms with Crippen molar-refractivity contribution in [2.75, 3.05) is 55.0 Å². The molecule has 15 nitrogen and oxygen atoms in total. The number of aliphatic hydroxyl groups is 1. The summed E-state index contributed by atoms with van der Waals surface area (Å²) in [6.07, 6.45) is 2.96. The number of methoxy groups -OCH3 is 5. The lowest BCUT2D eigenvalue weighted by Crippen LogP contribution is -2.59. The third-order valence-corrected chi connectivity index (χ3v) is 15.6. The number of allylic oxidation sites excluding steroid dienone is 2. The lowest BCUT2D eigenvalue weighted by atomic mass is 9.62. The summed E-state index contributed by atoms with van der Waals surface area (Å²) in [6.45, 7) is 8.03. The Morgan fingerprint density at radius 2 is 1.58 bits per heavy atom. The van der Waals surface area contributed by atoms with Gasteiger partial charge >= 0.3 is 5.97 Å². The van der Waals surface area contributed by atoms with E-state index in [4.69, 9.17) is 47.4 Å². The minimum absolute atomic E-state index is 0.00696. The molecule has 1 aromatic rings. The van der Waals surface area contributed by atoms with Crippen molar-refractivity contribution in [1.29, 1.82) is 0 Å². The smallest absolute Gasteiger partial charge is 0.306 e. The van der Waals surface area contributed by atoms with Crippen molar-refractivity contribution >= 4 is 17.4 Å². The lowest BCUT2D eigenvalue weighted by molar-refractivity contribution is -0.314. The highest BCUT2D eigenvalue weighted by molar-refractivity contribution is 5.99. The number of ether oxygens (including phenoxy) is 10. The standard InChI is InChI=1S/C49H76N2O13/c1-12-28-14-13-15-38(64-41-19-18-37(51(5)6)26(3)60-41)25(2)44(53)35-23-32-31-20-30(63-49-48(59-11)47(58-10)46(57-9)27(4)61-49)21-34(31)45(54)43(42(32)33(35)24-40(52)62-28)50-36-17-16-29(55-7)22-39(36)56-8/h16-17,22-23,25-28,30-34,37-38,41-43,45-50,54H,12-15,18-21,24H2,1-11H3/t25-,26?,27?,28+,30+,31+,32+,33-,34-,37+,38+,41+,42-,43-,45-,46+,47?,48+,49+/m1/s1. The van der Waals surface area contributed by atoms with Crippen molar-refractivity contribution in [3.63, 3.8) is 0 Å². The summed E-state index contributed by atoms with van der Waals surface area (Å²) in [7, 11) is 12.2. The number of esters is 1. The van der Waals surface area contributed by atoms with Crippen molar-refractivity contribution in [3.05, 3.63) is 29.8 Å². The van der Waals surface area contributed by atoms with E-state index in [-0.39, 0.29) is 78.4 Å². The number of nitrogens with one attached hydrogen (secondary N) is 1. The Morgan fingerprint density at radius 3 is 2.23 bits per heavy atom. The monoisotopic (exact) mass is 901 g/mol. The van der Waals surface area contributed by atoms with Crippen LogP contribution in [0.3, 0.4) is 0 Å². The first kappa shape index (κ1) is 49.1. The Labute approximate surface area is 380 Å². The second kappa shape index (κ2) is 21.4. The molecule has 64 heavy (non-hydrogen) atoms. The zero-order valence-corrected chi connectivity index (χ0v) is 39.9. The van der Waals surface area contributed by atoms with Crippen LogP contribution in [-0.4, -0.2) is 151 Å². The van der Waals surface area contributed by atoms with Gasteiger partial charge in [-0.1, -0.05) is 19.9 Å². The van der Waals surface area contributed by atoms with Crippen LogP contribution in [0.15, 0.2) is 29.8 Å². The predicted octanol–water partition coefficient (Wildman–Crippen LogP) is 5.79. The number of likely N-dealkylation sites (N-methyl/N-ethyl adjacent to an activating group) is 1. The van der Waals surface area contributed by atoms with Crippen molar-refractivity contribution in [1.82, 2.24) is 4.90 Å². The molecule has 2 saturated carbocycles. The summed E-state index contributed by atoms with van der Waals surface area (Å²) in [5.74, 6) is -1.07. The topological polar surface area (TPSA) is 162 Å². The van der Waals surface area contributed by atoms with Crippen molar-refractivity contribution < 1.29 is 62.1 Å². The maximum Gasteiger partial charge on any atom is 0.306 e. The summed E-state index contributed by atoms with van der Waals surface area (Å²) >= 11 is 0. The van der Waals surface area contributed by atoms with E-state index in [0.29, 0.717) is 54.9 Å². The first-order valence-corrected chi connectivity index (χ1v) is 23.7. The van der Waals surface area contributed by atoms with Gasteiger partial charge in [-0.15, -0.1) is 0 Å². The van der Waals surface area contributed by atoms with Crippen LogP contribution in [0.1, 0.15) is 85.5 Å². The molecule has 0 radical (unpaired) electrons. The molecule has 2 N–H and O–H groups in total. The van der Waals surface area contributed by atoms with Gasteiger partial charge in [-0.25, -0.2) is 0 Å². The summed E-state index contributed by atoms with van der Waals surface area (Å²) < 4.78 is 61.6. The Hall–Kier alpha value is -2.86. The molecule has 6 aliphatic rings. The van der Waals surface area contributed by atoms with Gasteiger partial charge in [0.05, 0.1) is 62.9 Å². The number of nitrogens with zero attached hydrogens (tertiary/aromatic N) is 1. The quantitative estimate of drug-likeness (QED) is 0.229. The van der Waals surface area contributed by atoms with Gasteiger partial charge in [0.1, 0.15) is 35.9 Å². The fraction of sp³-hybridized carbons (Fsp3) is 0.796. The second-order valence-electron chi connectivity index (χ2n) is 19.3. The van der Waals surface area contributed by atoms with Gasteiger partial charge < -0.3 is 62.7 Å².